The van der Waals surface area contributed by atoms with E-state index in [1.54, 1.807) is 0 Å². The van der Waals surface area contributed by atoms with Gasteiger partial charge >= 0.3 is 8.56 Å². The molecule has 124 valence electrons. The molecule has 0 aliphatic carbocycles. The van der Waals surface area contributed by atoms with Crippen LogP contribution in [0.4, 0.5) is 0 Å². The van der Waals surface area contributed by atoms with Crippen molar-refractivity contribution in [2.24, 2.45) is 0 Å². The molecule has 0 heterocycles. The first-order valence-electron chi connectivity index (χ1n) is 8.68. The molecule has 0 bridgehead atoms. The van der Waals surface area contributed by atoms with Gasteiger partial charge in [0.15, 0.2) is 0 Å². The van der Waals surface area contributed by atoms with Gasteiger partial charge in [0, 0.05) is 6.61 Å². The van der Waals surface area contributed by atoms with Crippen molar-refractivity contribution in [2.45, 2.75) is 65.1 Å². The van der Waals surface area contributed by atoms with Crippen molar-refractivity contribution in [3.63, 3.8) is 0 Å². The third-order valence-electron chi connectivity index (χ3n) is 3.92. The molecular formula is C19H32O2Si. The fraction of sp³-hybridized carbons (Fsp3) is 0.579. The molecule has 0 amide bonds. The summed E-state index contributed by atoms with van der Waals surface area (Å²) in [6.45, 7) is 13.3. The Labute approximate surface area is 137 Å². The molecule has 1 unspecified atom stereocenters. The van der Waals surface area contributed by atoms with Crippen LogP contribution in [0, 0.1) is 0 Å². The first-order chi connectivity index (χ1) is 10.6. The van der Waals surface area contributed by atoms with Crippen molar-refractivity contribution in [1.82, 2.24) is 0 Å². The largest absolute Gasteiger partial charge is 0.394 e. The Morgan fingerprint density at radius 1 is 1.14 bits per heavy atom. The predicted octanol–water partition coefficient (Wildman–Crippen LogP) is 6.10. The zero-order chi connectivity index (χ0) is 16.4. The van der Waals surface area contributed by atoms with Crippen molar-refractivity contribution < 1.29 is 8.85 Å². The average molecular weight is 321 g/mol. The van der Waals surface area contributed by atoms with E-state index in [9.17, 15) is 0 Å². The van der Waals surface area contributed by atoms with Gasteiger partial charge in [-0.3, -0.25) is 0 Å². The predicted molar refractivity (Wildman–Crippen MR) is 98.2 cm³/mol. The Hall–Kier alpha value is -0.903. The highest BCUT2D eigenvalue weighted by Crippen LogP contribution is 2.32. The third-order valence-corrected chi connectivity index (χ3v) is 7.97. The molecule has 0 radical (unpaired) electrons. The van der Waals surface area contributed by atoms with Crippen LogP contribution in [0.25, 0.3) is 6.08 Å². The summed E-state index contributed by atoms with van der Waals surface area (Å²) in [5.74, 6) is 0. The number of rotatable bonds is 11. The van der Waals surface area contributed by atoms with Gasteiger partial charge in [0.25, 0.3) is 0 Å². The highest BCUT2D eigenvalue weighted by atomic mass is 28.4. The first kappa shape index (κ1) is 19.1. The lowest BCUT2D eigenvalue weighted by Crippen LogP contribution is -2.43. The van der Waals surface area contributed by atoms with Crippen molar-refractivity contribution in [3.05, 3.63) is 42.0 Å². The quantitative estimate of drug-likeness (QED) is 0.459. The molecule has 1 atom stereocenters. The van der Waals surface area contributed by atoms with Crippen LogP contribution >= 0.6 is 0 Å². The monoisotopic (exact) mass is 320 g/mol. The molecule has 0 spiro atoms. The molecule has 0 N–H and O–H groups in total. The van der Waals surface area contributed by atoms with Gasteiger partial charge < -0.3 is 8.85 Å². The molecule has 0 saturated heterocycles. The van der Waals surface area contributed by atoms with Gasteiger partial charge in [-0.25, -0.2) is 0 Å². The van der Waals surface area contributed by atoms with Crippen LogP contribution in [-0.4, -0.2) is 15.2 Å². The van der Waals surface area contributed by atoms with Crippen LogP contribution in [0.3, 0.4) is 0 Å². The van der Waals surface area contributed by atoms with E-state index in [0.717, 1.165) is 43.5 Å². The van der Waals surface area contributed by atoms with E-state index in [-0.39, 0.29) is 6.10 Å². The summed E-state index contributed by atoms with van der Waals surface area (Å²) >= 11 is 0. The summed E-state index contributed by atoms with van der Waals surface area (Å²) in [4.78, 5) is 0. The van der Waals surface area contributed by atoms with E-state index >= 15 is 0 Å². The maximum Gasteiger partial charge on any atom is 0.338 e. The molecule has 1 rings (SSSR count). The van der Waals surface area contributed by atoms with Crippen molar-refractivity contribution in [1.29, 1.82) is 0 Å². The third kappa shape index (κ3) is 5.38. The summed E-state index contributed by atoms with van der Waals surface area (Å²) < 4.78 is 12.9. The van der Waals surface area contributed by atoms with E-state index in [4.69, 9.17) is 8.85 Å². The Balaban J connectivity index is 3.01. The summed E-state index contributed by atoms with van der Waals surface area (Å²) in [7, 11) is -2.12. The summed E-state index contributed by atoms with van der Waals surface area (Å²) in [5, 5.41) is 0. The van der Waals surface area contributed by atoms with E-state index in [2.05, 4.69) is 58.5 Å². The standard InChI is InChI=1S/C19H32O2Si/c1-6-14-22(15-7-2,20-10-5)21-19(9-4)18-13-11-12-17(8-3)16-18/h8,11-13,16,19H,3,6-7,9-10,14-15H2,1-2,4-5H3. The lowest BCUT2D eigenvalue weighted by Gasteiger charge is -2.34. The fourth-order valence-electron chi connectivity index (χ4n) is 2.98. The second-order valence-electron chi connectivity index (χ2n) is 5.73. The van der Waals surface area contributed by atoms with Crippen LogP contribution in [-0.2, 0) is 8.85 Å². The zero-order valence-corrected chi connectivity index (χ0v) is 15.7. The van der Waals surface area contributed by atoms with Gasteiger partial charge in [0.2, 0.25) is 0 Å². The highest BCUT2D eigenvalue weighted by molar-refractivity contribution is 6.67. The normalized spacial score (nSPS) is 13.1. The Bertz CT molecular complexity index is 428. The summed E-state index contributed by atoms with van der Waals surface area (Å²) in [6.07, 6.45) is 5.22. The number of hydrogen-bond donors (Lipinski definition) is 0. The maximum atomic E-state index is 6.68. The molecule has 2 nitrogen and oxygen atoms in total. The van der Waals surface area contributed by atoms with Crippen LogP contribution in [0.5, 0.6) is 0 Å². The molecule has 0 aliphatic heterocycles. The minimum atomic E-state index is -2.12. The number of benzene rings is 1. The van der Waals surface area contributed by atoms with Gasteiger partial charge in [-0.05, 0) is 42.6 Å². The van der Waals surface area contributed by atoms with Crippen LogP contribution in [0.1, 0.15) is 64.2 Å². The van der Waals surface area contributed by atoms with E-state index < -0.39 is 8.56 Å². The van der Waals surface area contributed by atoms with Crippen LogP contribution in [0.15, 0.2) is 30.8 Å². The second-order valence-corrected chi connectivity index (χ2v) is 9.08. The van der Waals surface area contributed by atoms with E-state index in [0.29, 0.717) is 0 Å². The van der Waals surface area contributed by atoms with Crippen molar-refractivity contribution in [3.8, 4) is 0 Å². The van der Waals surface area contributed by atoms with E-state index in [1.807, 2.05) is 6.08 Å². The molecule has 22 heavy (non-hydrogen) atoms. The van der Waals surface area contributed by atoms with Gasteiger partial charge in [-0.2, -0.15) is 0 Å². The Kier molecular flexibility index (Phi) is 8.69. The Morgan fingerprint density at radius 2 is 1.82 bits per heavy atom. The summed E-state index contributed by atoms with van der Waals surface area (Å²) in [5.41, 5.74) is 2.39. The molecular weight excluding hydrogens is 288 g/mol. The number of hydrogen-bond acceptors (Lipinski definition) is 2. The van der Waals surface area contributed by atoms with Crippen LogP contribution < -0.4 is 0 Å². The van der Waals surface area contributed by atoms with E-state index in [1.165, 1.54) is 5.56 Å². The lowest BCUT2D eigenvalue weighted by atomic mass is 10.0. The van der Waals surface area contributed by atoms with Crippen molar-refractivity contribution >= 4 is 14.6 Å². The van der Waals surface area contributed by atoms with Crippen molar-refractivity contribution in [2.75, 3.05) is 6.61 Å². The lowest BCUT2D eigenvalue weighted by molar-refractivity contribution is 0.111. The molecule has 0 fully saturated rings. The SMILES string of the molecule is C=Cc1cccc(C(CC)O[Si](CCC)(CCC)OCC)c1. The topological polar surface area (TPSA) is 18.5 Å². The minimum absolute atomic E-state index is 0.121. The molecule has 1 aromatic carbocycles. The average Bonchev–Trinajstić information content (AvgIpc) is 2.53. The highest BCUT2D eigenvalue weighted by Gasteiger charge is 2.38. The van der Waals surface area contributed by atoms with Gasteiger partial charge in [-0.1, -0.05) is 64.5 Å². The summed E-state index contributed by atoms with van der Waals surface area (Å²) in [6, 6.07) is 10.7. The van der Waals surface area contributed by atoms with Gasteiger partial charge in [0.05, 0.1) is 6.10 Å². The molecule has 0 aromatic heterocycles. The Morgan fingerprint density at radius 3 is 2.32 bits per heavy atom. The molecule has 0 saturated carbocycles. The van der Waals surface area contributed by atoms with Gasteiger partial charge in [-0.15, -0.1) is 0 Å². The maximum absolute atomic E-state index is 6.68. The van der Waals surface area contributed by atoms with Crippen LogP contribution in [0.2, 0.25) is 12.1 Å². The second kappa shape index (κ2) is 9.98. The van der Waals surface area contributed by atoms with Gasteiger partial charge in [0.1, 0.15) is 0 Å². The molecule has 1 aromatic rings. The smallest absolute Gasteiger partial charge is 0.338 e. The molecule has 0 aliphatic rings. The minimum Gasteiger partial charge on any atom is -0.394 e. The first-order valence-corrected chi connectivity index (χ1v) is 10.9. The fourth-order valence-corrected chi connectivity index (χ4v) is 6.69. The molecule has 3 heteroatoms. The zero-order valence-electron chi connectivity index (χ0n) is 14.7.